The van der Waals surface area contributed by atoms with Crippen LogP contribution in [0.1, 0.15) is 13.3 Å². The normalized spacial score (nSPS) is 10.3. The van der Waals surface area contributed by atoms with Gasteiger partial charge in [-0.15, -0.1) is 0 Å². The van der Waals surface area contributed by atoms with Gasteiger partial charge in [-0.3, -0.25) is 0 Å². The van der Waals surface area contributed by atoms with Crippen LogP contribution in [0.15, 0.2) is 11.6 Å². The summed E-state index contributed by atoms with van der Waals surface area (Å²) < 4.78 is 0. The van der Waals surface area contributed by atoms with E-state index in [1.54, 1.807) is 0 Å². The van der Waals surface area contributed by atoms with Gasteiger partial charge in [0.15, 0.2) is 0 Å². The molecule has 13 heavy (non-hydrogen) atoms. The van der Waals surface area contributed by atoms with Gasteiger partial charge in [-0.25, -0.2) is 4.79 Å². The lowest BCUT2D eigenvalue weighted by Crippen LogP contribution is -1.95. The Hall–Kier alpha value is -0.910. The molecule has 0 bridgehead atoms. The SMILES string of the molecule is CC(=CCCO)C(=O)O.OCCO. The number of carboxylic acids is 1. The second kappa shape index (κ2) is 11.1. The average molecular weight is 192 g/mol. The second-order valence-electron chi connectivity index (χ2n) is 2.15. The van der Waals surface area contributed by atoms with E-state index < -0.39 is 5.97 Å². The predicted molar refractivity (Wildman–Crippen MR) is 47.3 cm³/mol. The van der Waals surface area contributed by atoms with Crippen molar-refractivity contribution in [1.82, 2.24) is 0 Å². The molecule has 0 saturated heterocycles. The Balaban J connectivity index is 0. The van der Waals surface area contributed by atoms with Crippen LogP contribution in [0.5, 0.6) is 0 Å². The van der Waals surface area contributed by atoms with E-state index in [2.05, 4.69) is 0 Å². The molecule has 0 aliphatic carbocycles. The Kier molecular flexibility index (Phi) is 12.5. The predicted octanol–water partition coefficient (Wildman–Crippen LogP) is -0.629. The Bertz CT molecular complexity index is 151. The minimum absolute atomic E-state index is 0.00458. The van der Waals surface area contributed by atoms with E-state index in [1.807, 2.05) is 0 Å². The molecule has 0 radical (unpaired) electrons. The molecular formula is C8H16O5. The Morgan fingerprint density at radius 3 is 1.85 bits per heavy atom. The molecule has 0 aromatic heterocycles. The minimum Gasteiger partial charge on any atom is -0.478 e. The number of carboxylic acid groups (broad SMARTS) is 1. The van der Waals surface area contributed by atoms with Crippen LogP contribution in [-0.2, 0) is 4.79 Å². The number of aliphatic hydroxyl groups excluding tert-OH is 3. The van der Waals surface area contributed by atoms with Gasteiger partial charge < -0.3 is 20.4 Å². The van der Waals surface area contributed by atoms with Crippen LogP contribution in [0.2, 0.25) is 0 Å². The van der Waals surface area contributed by atoms with E-state index >= 15 is 0 Å². The fourth-order valence-electron chi connectivity index (χ4n) is 0.368. The number of aliphatic carboxylic acids is 1. The second-order valence-corrected chi connectivity index (χ2v) is 2.15. The summed E-state index contributed by atoms with van der Waals surface area (Å²) in [6.07, 6.45) is 1.90. The monoisotopic (exact) mass is 192 g/mol. The Morgan fingerprint density at radius 2 is 1.62 bits per heavy atom. The zero-order chi connectivity index (χ0) is 10.7. The van der Waals surface area contributed by atoms with Crippen LogP contribution in [-0.4, -0.2) is 46.2 Å². The number of carbonyl (C=O) groups is 1. The molecule has 0 heterocycles. The molecule has 4 N–H and O–H groups in total. The fraction of sp³-hybridized carbons (Fsp3) is 0.625. The van der Waals surface area contributed by atoms with Crippen LogP contribution in [0.3, 0.4) is 0 Å². The summed E-state index contributed by atoms with van der Waals surface area (Å²) in [5.74, 6) is -0.927. The summed E-state index contributed by atoms with van der Waals surface area (Å²) in [5, 5.41) is 31.8. The van der Waals surface area contributed by atoms with Crippen molar-refractivity contribution in [3.05, 3.63) is 11.6 Å². The number of hydrogen-bond donors (Lipinski definition) is 4. The number of aliphatic hydroxyl groups is 3. The summed E-state index contributed by atoms with van der Waals surface area (Å²) in [4.78, 5) is 10.1. The van der Waals surface area contributed by atoms with Crippen molar-refractivity contribution in [2.75, 3.05) is 19.8 Å². The van der Waals surface area contributed by atoms with E-state index in [0.717, 1.165) is 0 Å². The average Bonchev–Trinajstić information content (AvgIpc) is 2.14. The van der Waals surface area contributed by atoms with Gasteiger partial charge >= 0.3 is 5.97 Å². The zero-order valence-electron chi connectivity index (χ0n) is 7.60. The highest BCUT2D eigenvalue weighted by molar-refractivity contribution is 5.85. The van der Waals surface area contributed by atoms with Gasteiger partial charge in [0.05, 0.1) is 13.2 Å². The first-order valence-electron chi connectivity index (χ1n) is 3.82. The van der Waals surface area contributed by atoms with Gasteiger partial charge in [-0.2, -0.15) is 0 Å². The Morgan fingerprint density at radius 1 is 1.15 bits per heavy atom. The third-order valence-electron chi connectivity index (χ3n) is 1.02. The van der Waals surface area contributed by atoms with Crippen LogP contribution in [0.25, 0.3) is 0 Å². The van der Waals surface area contributed by atoms with Gasteiger partial charge in [0.2, 0.25) is 0 Å². The third-order valence-corrected chi connectivity index (χ3v) is 1.02. The molecule has 5 nitrogen and oxygen atoms in total. The van der Waals surface area contributed by atoms with E-state index in [-0.39, 0.29) is 25.4 Å². The molecule has 0 fully saturated rings. The first-order valence-corrected chi connectivity index (χ1v) is 3.82. The maximum absolute atomic E-state index is 10.1. The lowest BCUT2D eigenvalue weighted by Gasteiger charge is -1.89. The summed E-state index contributed by atoms with van der Waals surface area (Å²) in [5.41, 5.74) is 0.282. The van der Waals surface area contributed by atoms with Crippen molar-refractivity contribution in [3.63, 3.8) is 0 Å². The molecule has 5 heteroatoms. The summed E-state index contributed by atoms with van der Waals surface area (Å²) in [7, 11) is 0. The van der Waals surface area contributed by atoms with Crippen molar-refractivity contribution in [2.45, 2.75) is 13.3 Å². The van der Waals surface area contributed by atoms with Gasteiger partial charge in [-0.05, 0) is 13.3 Å². The molecule has 0 amide bonds. The molecule has 0 rings (SSSR count). The maximum atomic E-state index is 10.1. The molecule has 0 aliphatic rings. The third kappa shape index (κ3) is 14.0. The smallest absolute Gasteiger partial charge is 0.330 e. The van der Waals surface area contributed by atoms with Crippen LogP contribution in [0.4, 0.5) is 0 Å². The van der Waals surface area contributed by atoms with Crippen molar-refractivity contribution < 1.29 is 25.2 Å². The topological polar surface area (TPSA) is 98.0 Å². The lowest BCUT2D eigenvalue weighted by atomic mass is 10.2. The summed E-state index contributed by atoms with van der Waals surface area (Å²) in [6, 6.07) is 0. The molecular weight excluding hydrogens is 176 g/mol. The van der Waals surface area contributed by atoms with E-state index in [9.17, 15) is 4.79 Å². The molecule has 0 aromatic rings. The molecule has 0 atom stereocenters. The first-order chi connectivity index (χ1) is 6.09. The van der Waals surface area contributed by atoms with Crippen molar-refractivity contribution >= 4 is 5.97 Å². The molecule has 0 spiro atoms. The molecule has 0 aliphatic heterocycles. The zero-order valence-corrected chi connectivity index (χ0v) is 7.60. The van der Waals surface area contributed by atoms with Gasteiger partial charge in [0.1, 0.15) is 0 Å². The largest absolute Gasteiger partial charge is 0.478 e. The van der Waals surface area contributed by atoms with Crippen molar-refractivity contribution in [1.29, 1.82) is 0 Å². The van der Waals surface area contributed by atoms with Gasteiger partial charge in [-0.1, -0.05) is 6.08 Å². The van der Waals surface area contributed by atoms with Gasteiger partial charge in [0.25, 0.3) is 0 Å². The quantitative estimate of drug-likeness (QED) is 0.445. The number of hydrogen-bond acceptors (Lipinski definition) is 4. The Labute approximate surface area is 76.9 Å². The summed E-state index contributed by atoms with van der Waals surface area (Å²) >= 11 is 0. The maximum Gasteiger partial charge on any atom is 0.330 e. The molecule has 0 aromatic carbocycles. The van der Waals surface area contributed by atoms with Crippen molar-refractivity contribution in [2.24, 2.45) is 0 Å². The van der Waals surface area contributed by atoms with Crippen LogP contribution >= 0.6 is 0 Å². The fourth-order valence-corrected chi connectivity index (χ4v) is 0.368. The minimum atomic E-state index is -0.927. The molecule has 78 valence electrons. The van der Waals surface area contributed by atoms with E-state index in [1.165, 1.54) is 13.0 Å². The highest BCUT2D eigenvalue weighted by Crippen LogP contribution is 1.93. The standard InChI is InChI=1S/C6H10O3.C2H6O2/c1-5(6(8)9)3-2-4-7;3-1-2-4/h3,7H,2,4H2,1H3,(H,8,9);3-4H,1-2H2. The first kappa shape index (κ1) is 14.6. The highest BCUT2D eigenvalue weighted by atomic mass is 16.4. The summed E-state index contributed by atoms with van der Waals surface area (Å²) in [6.45, 7) is 1.25. The molecule has 0 unspecified atom stereocenters. The lowest BCUT2D eigenvalue weighted by molar-refractivity contribution is -0.132. The van der Waals surface area contributed by atoms with Crippen molar-refractivity contribution in [3.8, 4) is 0 Å². The highest BCUT2D eigenvalue weighted by Gasteiger charge is 1.96. The van der Waals surface area contributed by atoms with Gasteiger partial charge in [0, 0.05) is 12.2 Å². The molecule has 0 saturated carbocycles. The van der Waals surface area contributed by atoms with Crippen LogP contribution in [0, 0.1) is 0 Å². The van der Waals surface area contributed by atoms with Crippen LogP contribution < -0.4 is 0 Å². The number of rotatable bonds is 4. The van der Waals surface area contributed by atoms with E-state index in [4.69, 9.17) is 20.4 Å². The van der Waals surface area contributed by atoms with E-state index in [0.29, 0.717) is 6.42 Å².